The van der Waals surface area contributed by atoms with E-state index in [1.54, 1.807) is 55.7 Å². The standard InChI is InChI=1S/C28H27N5O5/c1-16-23(38-22-8-4-7-21(25(16)22)37-19-6-5-11-29-14-19)15-33(3)24(34)10-9-18-12-20-27(30-13-18)32-28(36)26(35)17(2)31-20/h4-14,17,26,31,35H,15H2,1-3H3,(H,30,32,36)/b10-9+/t17-,26+/m1/s1. The van der Waals surface area contributed by atoms with Crippen LogP contribution >= 0.6 is 0 Å². The summed E-state index contributed by atoms with van der Waals surface area (Å²) in [4.78, 5) is 34.7. The summed E-state index contributed by atoms with van der Waals surface area (Å²) >= 11 is 0. The lowest BCUT2D eigenvalue weighted by atomic mass is 10.1. The highest BCUT2D eigenvalue weighted by Gasteiger charge is 2.28. The predicted octanol–water partition coefficient (Wildman–Crippen LogP) is 4.11. The summed E-state index contributed by atoms with van der Waals surface area (Å²) in [6.07, 6.45) is 6.77. The Morgan fingerprint density at radius 3 is 2.89 bits per heavy atom. The van der Waals surface area contributed by atoms with Crippen molar-refractivity contribution < 1.29 is 23.8 Å². The molecule has 0 unspecified atom stereocenters. The number of fused-ring (bicyclic) bond motifs is 2. The van der Waals surface area contributed by atoms with Crippen molar-refractivity contribution in [2.45, 2.75) is 32.5 Å². The number of carbonyl (C=O) groups excluding carboxylic acids is 2. The number of nitrogens with one attached hydrogen (secondary N) is 2. The number of likely N-dealkylation sites (N-methyl/N-ethyl adjacent to an activating group) is 1. The summed E-state index contributed by atoms with van der Waals surface area (Å²) in [6.45, 7) is 3.91. The number of aryl methyl sites for hydroxylation is 1. The second kappa shape index (κ2) is 10.3. The van der Waals surface area contributed by atoms with Gasteiger partial charge in [-0.05, 0) is 55.8 Å². The molecular formula is C28H27N5O5. The molecule has 1 aromatic carbocycles. The van der Waals surface area contributed by atoms with E-state index in [4.69, 9.17) is 9.15 Å². The summed E-state index contributed by atoms with van der Waals surface area (Å²) in [5.41, 5.74) is 2.79. The largest absolute Gasteiger partial charge is 0.459 e. The predicted molar refractivity (Wildman–Crippen MR) is 143 cm³/mol. The number of amides is 2. The second-order valence-electron chi connectivity index (χ2n) is 9.13. The lowest BCUT2D eigenvalue weighted by Crippen LogP contribution is -2.38. The molecule has 10 nitrogen and oxygen atoms in total. The first-order valence-corrected chi connectivity index (χ1v) is 12.1. The zero-order chi connectivity index (χ0) is 26.8. The second-order valence-corrected chi connectivity index (χ2v) is 9.13. The van der Waals surface area contributed by atoms with Crippen LogP contribution in [0.3, 0.4) is 0 Å². The number of aromatic nitrogens is 2. The van der Waals surface area contributed by atoms with Crippen LogP contribution in [0.1, 0.15) is 23.8 Å². The van der Waals surface area contributed by atoms with E-state index in [0.717, 1.165) is 10.9 Å². The van der Waals surface area contributed by atoms with Gasteiger partial charge >= 0.3 is 0 Å². The monoisotopic (exact) mass is 513 g/mol. The van der Waals surface area contributed by atoms with E-state index in [0.29, 0.717) is 39.9 Å². The van der Waals surface area contributed by atoms with Gasteiger partial charge in [0, 0.05) is 31.1 Å². The quantitative estimate of drug-likeness (QED) is 0.329. The lowest BCUT2D eigenvalue weighted by Gasteiger charge is -2.15. The van der Waals surface area contributed by atoms with E-state index in [-0.39, 0.29) is 12.5 Å². The van der Waals surface area contributed by atoms with Gasteiger partial charge in [0.1, 0.15) is 22.8 Å². The molecule has 0 bridgehead atoms. The minimum atomic E-state index is -1.20. The first kappa shape index (κ1) is 25.0. The molecule has 2 atom stereocenters. The Morgan fingerprint density at radius 1 is 1.26 bits per heavy atom. The summed E-state index contributed by atoms with van der Waals surface area (Å²) in [7, 11) is 1.70. The van der Waals surface area contributed by atoms with Crippen molar-refractivity contribution in [1.29, 1.82) is 0 Å². The Balaban J connectivity index is 1.30. The molecule has 4 aromatic rings. The van der Waals surface area contributed by atoms with Crippen LogP contribution in [0.5, 0.6) is 11.5 Å². The highest BCUT2D eigenvalue weighted by Crippen LogP contribution is 2.36. The van der Waals surface area contributed by atoms with Gasteiger partial charge < -0.3 is 29.8 Å². The van der Waals surface area contributed by atoms with Crippen LogP contribution < -0.4 is 15.4 Å². The number of benzene rings is 1. The van der Waals surface area contributed by atoms with E-state index < -0.39 is 18.1 Å². The number of carbonyl (C=O) groups is 2. The van der Waals surface area contributed by atoms with E-state index >= 15 is 0 Å². The molecule has 0 saturated carbocycles. The Morgan fingerprint density at radius 2 is 2.11 bits per heavy atom. The molecule has 3 aromatic heterocycles. The minimum absolute atomic E-state index is 0.225. The zero-order valence-electron chi connectivity index (χ0n) is 21.1. The molecule has 0 aliphatic carbocycles. The zero-order valence-corrected chi connectivity index (χ0v) is 21.1. The van der Waals surface area contributed by atoms with Gasteiger partial charge in [0.2, 0.25) is 5.91 Å². The number of pyridine rings is 2. The molecular weight excluding hydrogens is 486 g/mol. The Labute approximate surface area is 219 Å². The summed E-state index contributed by atoms with van der Waals surface area (Å²) in [5, 5.41) is 16.5. The maximum Gasteiger partial charge on any atom is 0.256 e. The van der Waals surface area contributed by atoms with Gasteiger partial charge in [0.05, 0.1) is 29.9 Å². The molecule has 38 heavy (non-hydrogen) atoms. The number of rotatable bonds is 6. The van der Waals surface area contributed by atoms with Crippen LogP contribution in [0.25, 0.3) is 17.0 Å². The number of hydrogen-bond donors (Lipinski definition) is 3. The number of ether oxygens (including phenoxy) is 1. The van der Waals surface area contributed by atoms with Gasteiger partial charge in [-0.1, -0.05) is 6.07 Å². The summed E-state index contributed by atoms with van der Waals surface area (Å²) in [5.74, 6) is 1.51. The Kier molecular flexibility index (Phi) is 6.80. The number of hydrogen-bond acceptors (Lipinski definition) is 8. The SMILES string of the molecule is Cc1c(CN(C)C(=O)/C=C/c2cnc3c(c2)N[C@H](C)[C@H](O)C(=O)N3)oc2cccc(Oc3cccnc3)c12. The summed E-state index contributed by atoms with van der Waals surface area (Å²) in [6, 6.07) is 10.5. The maximum absolute atomic E-state index is 12.9. The minimum Gasteiger partial charge on any atom is -0.459 e. The van der Waals surface area contributed by atoms with Crippen molar-refractivity contribution in [1.82, 2.24) is 14.9 Å². The fourth-order valence-electron chi connectivity index (χ4n) is 4.20. The van der Waals surface area contributed by atoms with Crippen molar-refractivity contribution in [3.63, 3.8) is 0 Å². The normalized spacial score (nSPS) is 17.0. The summed E-state index contributed by atoms with van der Waals surface area (Å²) < 4.78 is 12.1. The maximum atomic E-state index is 12.9. The molecule has 5 rings (SSSR count). The van der Waals surface area contributed by atoms with Crippen molar-refractivity contribution in [2.24, 2.45) is 0 Å². The third kappa shape index (κ3) is 5.07. The van der Waals surface area contributed by atoms with Crippen LogP contribution in [0.4, 0.5) is 11.5 Å². The smallest absolute Gasteiger partial charge is 0.256 e. The Bertz CT molecular complexity index is 1530. The van der Waals surface area contributed by atoms with E-state index in [9.17, 15) is 14.7 Å². The molecule has 1 aliphatic rings. The number of furan rings is 1. The number of aliphatic hydroxyl groups excluding tert-OH is 1. The molecule has 10 heteroatoms. The van der Waals surface area contributed by atoms with Crippen molar-refractivity contribution in [2.75, 3.05) is 17.7 Å². The average Bonchev–Trinajstić information content (AvgIpc) is 3.18. The highest BCUT2D eigenvalue weighted by atomic mass is 16.5. The fraction of sp³-hybridized carbons (Fsp3) is 0.214. The average molecular weight is 514 g/mol. The third-order valence-corrected chi connectivity index (χ3v) is 6.33. The van der Waals surface area contributed by atoms with Crippen LogP contribution in [-0.2, 0) is 16.1 Å². The van der Waals surface area contributed by atoms with Gasteiger partial charge in [-0.15, -0.1) is 0 Å². The van der Waals surface area contributed by atoms with Crippen LogP contribution in [-0.4, -0.2) is 51.0 Å². The third-order valence-electron chi connectivity index (χ3n) is 6.33. The molecule has 0 saturated heterocycles. The topological polar surface area (TPSA) is 130 Å². The van der Waals surface area contributed by atoms with Crippen LogP contribution in [0, 0.1) is 6.92 Å². The molecule has 4 heterocycles. The van der Waals surface area contributed by atoms with Crippen molar-refractivity contribution in [3.05, 3.63) is 78.0 Å². The van der Waals surface area contributed by atoms with Crippen LogP contribution in [0.2, 0.25) is 0 Å². The van der Waals surface area contributed by atoms with E-state index in [2.05, 4.69) is 20.6 Å². The molecule has 194 valence electrons. The molecule has 1 aliphatic heterocycles. The first-order chi connectivity index (χ1) is 18.3. The molecule has 0 fully saturated rings. The lowest BCUT2D eigenvalue weighted by molar-refractivity contribution is -0.125. The van der Waals surface area contributed by atoms with Crippen LogP contribution in [0.15, 0.2) is 65.5 Å². The fourth-order valence-corrected chi connectivity index (χ4v) is 4.20. The van der Waals surface area contributed by atoms with Crippen molar-refractivity contribution >= 4 is 40.4 Å². The van der Waals surface area contributed by atoms with Gasteiger partial charge in [0.25, 0.3) is 5.91 Å². The van der Waals surface area contributed by atoms with E-state index in [1.807, 2.05) is 31.2 Å². The van der Waals surface area contributed by atoms with Gasteiger partial charge in [-0.2, -0.15) is 0 Å². The van der Waals surface area contributed by atoms with Crippen molar-refractivity contribution in [3.8, 4) is 11.5 Å². The molecule has 2 amide bonds. The number of anilines is 2. The molecule has 3 N–H and O–H groups in total. The van der Waals surface area contributed by atoms with Gasteiger partial charge in [0.15, 0.2) is 11.9 Å². The van der Waals surface area contributed by atoms with Gasteiger partial charge in [-0.25, -0.2) is 4.98 Å². The van der Waals surface area contributed by atoms with E-state index in [1.165, 1.54) is 6.08 Å². The highest BCUT2D eigenvalue weighted by molar-refractivity contribution is 5.98. The first-order valence-electron chi connectivity index (χ1n) is 12.1. The number of aliphatic hydroxyl groups is 1. The number of nitrogens with zero attached hydrogens (tertiary/aromatic N) is 3. The molecule has 0 spiro atoms. The van der Waals surface area contributed by atoms with Gasteiger partial charge in [-0.3, -0.25) is 14.6 Å². The Hall–Kier alpha value is -4.70. The molecule has 0 radical (unpaired) electrons.